The average molecular weight is 309 g/mol. The summed E-state index contributed by atoms with van der Waals surface area (Å²) in [5, 5.41) is 9.88. The predicted molar refractivity (Wildman–Crippen MR) is 91.5 cm³/mol. The van der Waals surface area contributed by atoms with E-state index in [0.717, 1.165) is 32.4 Å². The summed E-state index contributed by atoms with van der Waals surface area (Å²) >= 11 is 0. The van der Waals surface area contributed by atoms with Crippen LogP contribution in [-0.2, 0) is 6.42 Å². The smallest absolute Gasteiger partial charge is 0.257 e. The van der Waals surface area contributed by atoms with E-state index in [4.69, 9.17) is 0 Å². The Hall–Kier alpha value is -2.29. The second-order valence-corrected chi connectivity index (χ2v) is 6.79. The molecule has 1 aliphatic rings. The fourth-order valence-electron chi connectivity index (χ4n) is 3.32. The van der Waals surface area contributed by atoms with Crippen LogP contribution in [0, 0.1) is 5.41 Å². The fraction of sp³-hybridized carbons (Fsp3) is 0.350. The van der Waals surface area contributed by atoms with Gasteiger partial charge in [-0.05, 0) is 42.4 Å². The summed E-state index contributed by atoms with van der Waals surface area (Å²) in [7, 11) is 0. The second kappa shape index (κ2) is 6.45. The molecule has 2 aromatic rings. The number of aryl methyl sites for hydroxylation is 1. The summed E-state index contributed by atoms with van der Waals surface area (Å²) < 4.78 is 0. The zero-order valence-electron chi connectivity index (χ0n) is 13.5. The molecule has 0 unspecified atom stereocenters. The van der Waals surface area contributed by atoms with Gasteiger partial charge in [0.25, 0.3) is 5.91 Å². The van der Waals surface area contributed by atoms with E-state index >= 15 is 0 Å². The van der Waals surface area contributed by atoms with Gasteiger partial charge in [-0.1, -0.05) is 49.4 Å². The maximum Gasteiger partial charge on any atom is 0.257 e. The average Bonchev–Trinajstić information content (AvgIpc) is 2.97. The lowest BCUT2D eigenvalue weighted by atomic mass is 9.83. The van der Waals surface area contributed by atoms with Crippen molar-refractivity contribution < 1.29 is 9.90 Å². The van der Waals surface area contributed by atoms with Crippen LogP contribution in [0.2, 0.25) is 0 Å². The molecule has 23 heavy (non-hydrogen) atoms. The zero-order chi connectivity index (χ0) is 16.3. The van der Waals surface area contributed by atoms with E-state index in [1.165, 1.54) is 5.56 Å². The van der Waals surface area contributed by atoms with Gasteiger partial charge in [-0.25, -0.2) is 0 Å². The molecule has 1 N–H and O–H groups in total. The van der Waals surface area contributed by atoms with Crippen molar-refractivity contribution in [3.8, 4) is 5.75 Å². The Morgan fingerprint density at radius 2 is 1.83 bits per heavy atom. The number of hydrogen-bond donors (Lipinski definition) is 1. The molecular formula is C20H23NO2. The van der Waals surface area contributed by atoms with Gasteiger partial charge in [0.1, 0.15) is 5.75 Å². The van der Waals surface area contributed by atoms with Crippen LogP contribution >= 0.6 is 0 Å². The fourth-order valence-corrected chi connectivity index (χ4v) is 3.32. The molecule has 0 saturated carbocycles. The van der Waals surface area contributed by atoms with Crippen molar-refractivity contribution in [1.29, 1.82) is 0 Å². The highest BCUT2D eigenvalue weighted by Gasteiger charge is 2.36. The molecular weight excluding hydrogens is 286 g/mol. The van der Waals surface area contributed by atoms with Crippen LogP contribution in [0.1, 0.15) is 35.7 Å². The number of nitrogens with zero attached hydrogens (tertiary/aromatic N) is 1. The first-order valence-corrected chi connectivity index (χ1v) is 8.19. The van der Waals surface area contributed by atoms with Gasteiger partial charge in [-0.2, -0.15) is 0 Å². The van der Waals surface area contributed by atoms with Crippen LogP contribution in [0.25, 0.3) is 0 Å². The van der Waals surface area contributed by atoms with E-state index in [1.54, 1.807) is 24.3 Å². The lowest BCUT2D eigenvalue weighted by Gasteiger charge is -2.25. The van der Waals surface area contributed by atoms with Gasteiger partial charge in [0.05, 0.1) is 5.56 Å². The van der Waals surface area contributed by atoms with Gasteiger partial charge < -0.3 is 10.0 Å². The molecule has 3 rings (SSSR count). The molecule has 0 aromatic heterocycles. The number of phenols is 1. The number of carbonyl (C=O) groups excluding carboxylic acids is 1. The molecule has 1 atom stereocenters. The Morgan fingerprint density at radius 1 is 1.13 bits per heavy atom. The lowest BCUT2D eigenvalue weighted by Crippen LogP contribution is -2.31. The first-order valence-electron chi connectivity index (χ1n) is 8.19. The standard InChI is InChI=1S/C20H23NO2/c1-20(12-11-16-7-3-2-4-8-16)13-14-21(15-20)19(23)17-9-5-6-10-18(17)22/h2-10,22H,11-15H2,1H3/t20-/m1/s1. The highest BCUT2D eigenvalue weighted by molar-refractivity contribution is 5.97. The highest BCUT2D eigenvalue weighted by Crippen LogP contribution is 2.35. The number of likely N-dealkylation sites (tertiary alicyclic amines) is 1. The van der Waals surface area contributed by atoms with E-state index in [2.05, 4.69) is 31.2 Å². The van der Waals surface area contributed by atoms with Crippen molar-refractivity contribution >= 4 is 5.91 Å². The molecule has 0 spiro atoms. The van der Waals surface area contributed by atoms with Crippen LogP contribution in [0.5, 0.6) is 5.75 Å². The van der Waals surface area contributed by atoms with Crippen molar-refractivity contribution in [2.24, 2.45) is 5.41 Å². The maximum absolute atomic E-state index is 12.6. The Kier molecular flexibility index (Phi) is 4.37. The zero-order valence-corrected chi connectivity index (χ0v) is 13.5. The van der Waals surface area contributed by atoms with Gasteiger partial charge in [0, 0.05) is 13.1 Å². The third-order valence-corrected chi connectivity index (χ3v) is 4.84. The summed E-state index contributed by atoms with van der Waals surface area (Å²) in [5.41, 5.74) is 1.90. The number of phenolic OH excluding ortho intramolecular Hbond substituents is 1. The third-order valence-electron chi connectivity index (χ3n) is 4.84. The number of rotatable bonds is 4. The molecule has 0 radical (unpaired) electrons. The second-order valence-electron chi connectivity index (χ2n) is 6.79. The number of para-hydroxylation sites is 1. The van der Waals surface area contributed by atoms with Gasteiger partial charge in [0.15, 0.2) is 0 Å². The van der Waals surface area contributed by atoms with Gasteiger partial charge >= 0.3 is 0 Å². The van der Waals surface area contributed by atoms with E-state index < -0.39 is 0 Å². The SMILES string of the molecule is C[C@@]1(CCc2ccccc2)CCN(C(=O)c2ccccc2O)C1. The number of aromatic hydroxyl groups is 1. The quantitative estimate of drug-likeness (QED) is 0.931. The van der Waals surface area contributed by atoms with Crippen LogP contribution < -0.4 is 0 Å². The molecule has 120 valence electrons. The van der Waals surface area contributed by atoms with Crippen LogP contribution in [-0.4, -0.2) is 29.0 Å². The molecule has 1 aliphatic heterocycles. The maximum atomic E-state index is 12.6. The topological polar surface area (TPSA) is 40.5 Å². The Morgan fingerprint density at radius 3 is 2.57 bits per heavy atom. The first kappa shape index (κ1) is 15.6. The number of hydrogen-bond acceptors (Lipinski definition) is 2. The van der Waals surface area contributed by atoms with Crippen LogP contribution in [0.4, 0.5) is 0 Å². The molecule has 0 bridgehead atoms. The molecule has 1 heterocycles. The van der Waals surface area contributed by atoms with E-state index in [-0.39, 0.29) is 17.1 Å². The normalized spacial score (nSPS) is 20.7. The van der Waals surface area contributed by atoms with Crippen molar-refractivity contribution in [1.82, 2.24) is 4.90 Å². The number of benzene rings is 2. The minimum atomic E-state index is -0.0634. The van der Waals surface area contributed by atoms with Crippen molar-refractivity contribution in [2.75, 3.05) is 13.1 Å². The molecule has 0 aliphatic carbocycles. The van der Waals surface area contributed by atoms with E-state index in [9.17, 15) is 9.90 Å². The predicted octanol–water partition coefficient (Wildman–Crippen LogP) is 3.88. The van der Waals surface area contributed by atoms with E-state index in [0.29, 0.717) is 5.56 Å². The molecule has 3 nitrogen and oxygen atoms in total. The third kappa shape index (κ3) is 3.55. The lowest BCUT2D eigenvalue weighted by molar-refractivity contribution is 0.0770. The van der Waals surface area contributed by atoms with Crippen molar-refractivity contribution in [3.63, 3.8) is 0 Å². The molecule has 1 fully saturated rings. The van der Waals surface area contributed by atoms with Gasteiger partial charge in [0.2, 0.25) is 0 Å². The monoisotopic (exact) mass is 309 g/mol. The number of amides is 1. The molecule has 2 aromatic carbocycles. The molecule has 1 amide bonds. The Balaban J connectivity index is 1.63. The number of carbonyl (C=O) groups is 1. The highest BCUT2D eigenvalue weighted by atomic mass is 16.3. The summed E-state index contributed by atoms with van der Waals surface area (Å²) in [6, 6.07) is 17.3. The van der Waals surface area contributed by atoms with E-state index in [1.807, 2.05) is 11.0 Å². The van der Waals surface area contributed by atoms with Crippen LogP contribution in [0.15, 0.2) is 54.6 Å². The Bertz CT molecular complexity index is 683. The van der Waals surface area contributed by atoms with Gasteiger partial charge in [-0.3, -0.25) is 4.79 Å². The largest absolute Gasteiger partial charge is 0.507 e. The van der Waals surface area contributed by atoms with Crippen molar-refractivity contribution in [3.05, 3.63) is 65.7 Å². The minimum absolute atomic E-state index is 0.0634. The summed E-state index contributed by atoms with van der Waals surface area (Å²) in [6.07, 6.45) is 3.12. The summed E-state index contributed by atoms with van der Waals surface area (Å²) in [6.45, 7) is 3.78. The molecule has 3 heteroatoms. The summed E-state index contributed by atoms with van der Waals surface area (Å²) in [5.74, 6) is 0.00178. The molecule has 1 saturated heterocycles. The Labute approximate surface area is 137 Å². The summed E-state index contributed by atoms with van der Waals surface area (Å²) in [4.78, 5) is 14.5. The minimum Gasteiger partial charge on any atom is -0.507 e. The van der Waals surface area contributed by atoms with Gasteiger partial charge in [-0.15, -0.1) is 0 Å². The van der Waals surface area contributed by atoms with Crippen molar-refractivity contribution in [2.45, 2.75) is 26.2 Å². The van der Waals surface area contributed by atoms with Crippen LogP contribution in [0.3, 0.4) is 0 Å². The first-order chi connectivity index (χ1) is 11.1.